The van der Waals surface area contributed by atoms with Gasteiger partial charge in [0.15, 0.2) is 0 Å². The molecule has 1 saturated carbocycles. The molecule has 0 aromatic heterocycles. The third kappa shape index (κ3) is 1.84. The number of benzene rings is 1. The number of nitrogens with one attached hydrogen (secondary N) is 1. The van der Waals surface area contributed by atoms with Gasteiger partial charge in [-0.3, -0.25) is 4.79 Å². The first-order valence-electron chi connectivity index (χ1n) is 4.80. The van der Waals surface area contributed by atoms with E-state index < -0.39 is 0 Å². The van der Waals surface area contributed by atoms with Crippen LogP contribution in [0.15, 0.2) is 18.2 Å². The molecule has 15 heavy (non-hydrogen) atoms. The molecule has 1 amide bonds. The summed E-state index contributed by atoms with van der Waals surface area (Å²) in [6.45, 7) is 0. The van der Waals surface area contributed by atoms with Crippen LogP contribution in [0.4, 0.5) is 4.39 Å². The number of hydrogen-bond donors (Lipinski definition) is 1. The van der Waals surface area contributed by atoms with E-state index in [1.165, 1.54) is 6.07 Å². The molecule has 0 radical (unpaired) electrons. The summed E-state index contributed by atoms with van der Waals surface area (Å²) in [6, 6.07) is 4.60. The summed E-state index contributed by atoms with van der Waals surface area (Å²) in [5.41, 5.74) is 0.479. The lowest BCUT2D eigenvalue weighted by molar-refractivity contribution is -0.121. The van der Waals surface area contributed by atoms with Gasteiger partial charge in [-0.25, -0.2) is 4.39 Å². The Labute approximate surface area is 92.4 Å². The van der Waals surface area contributed by atoms with Crippen LogP contribution >= 0.6 is 11.6 Å². The maximum atomic E-state index is 13.5. The molecule has 0 spiro atoms. The highest BCUT2D eigenvalue weighted by Gasteiger charge is 2.45. The SMILES string of the molecule is CNC(=O)[C@@H]1C[C@@H]1c1c(F)cccc1Cl. The Balaban J connectivity index is 2.23. The van der Waals surface area contributed by atoms with Crippen molar-refractivity contribution in [3.8, 4) is 0 Å². The molecule has 1 aliphatic carbocycles. The highest BCUT2D eigenvalue weighted by atomic mass is 35.5. The van der Waals surface area contributed by atoms with E-state index in [2.05, 4.69) is 5.32 Å². The maximum Gasteiger partial charge on any atom is 0.223 e. The molecule has 1 fully saturated rings. The molecule has 80 valence electrons. The Hall–Kier alpha value is -1.09. The third-order valence-corrected chi connectivity index (χ3v) is 3.07. The van der Waals surface area contributed by atoms with E-state index in [1.807, 2.05) is 0 Å². The molecule has 1 aromatic carbocycles. The summed E-state index contributed by atoms with van der Waals surface area (Å²) in [5.74, 6) is -0.540. The molecule has 2 rings (SSSR count). The molecule has 2 nitrogen and oxygen atoms in total. The number of hydrogen-bond acceptors (Lipinski definition) is 1. The van der Waals surface area contributed by atoms with Crippen molar-refractivity contribution in [1.82, 2.24) is 5.32 Å². The fourth-order valence-corrected chi connectivity index (χ4v) is 2.16. The first-order chi connectivity index (χ1) is 7.15. The predicted octanol–water partition coefficient (Wildman–Crippen LogP) is 2.33. The van der Waals surface area contributed by atoms with Gasteiger partial charge in [0.25, 0.3) is 0 Å². The second-order valence-electron chi connectivity index (χ2n) is 3.70. The fourth-order valence-electron chi connectivity index (χ4n) is 1.85. The summed E-state index contributed by atoms with van der Waals surface area (Å²) in [7, 11) is 1.58. The zero-order valence-electron chi connectivity index (χ0n) is 8.26. The van der Waals surface area contributed by atoms with Gasteiger partial charge in [0, 0.05) is 29.5 Å². The predicted molar refractivity (Wildman–Crippen MR) is 56.3 cm³/mol. The van der Waals surface area contributed by atoms with Crippen LogP contribution in [0.1, 0.15) is 17.9 Å². The molecule has 0 aliphatic heterocycles. The van der Waals surface area contributed by atoms with Gasteiger partial charge < -0.3 is 5.32 Å². The van der Waals surface area contributed by atoms with Gasteiger partial charge in [0.05, 0.1) is 0 Å². The van der Waals surface area contributed by atoms with Crippen LogP contribution in [0.2, 0.25) is 5.02 Å². The van der Waals surface area contributed by atoms with Crippen LogP contribution < -0.4 is 5.32 Å². The standard InChI is InChI=1S/C11H11ClFNO/c1-14-11(15)7-5-6(7)10-8(12)3-2-4-9(10)13/h2-4,6-7H,5H2,1H3,(H,14,15)/t6-,7+/m0/s1. The smallest absolute Gasteiger partial charge is 0.223 e. The lowest BCUT2D eigenvalue weighted by Crippen LogP contribution is -2.20. The van der Waals surface area contributed by atoms with Gasteiger partial charge in [-0.05, 0) is 18.6 Å². The average Bonchev–Trinajstić information content (AvgIpc) is 2.96. The summed E-state index contributed by atoms with van der Waals surface area (Å²) in [4.78, 5) is 11.3. The van der Waals surface area contributed by atoms with Crippen LogP contribution in [0.3, 0.4) is 0 Å². The molecular formula is C11H11ClFNO. The average molecular weight is 228 g/mol. The van der Waals surface area contributed by atoms with E-state index in [-0.39, 0.29) is 23.6 Å². The van der Waals surface area contributed by atoms with Crippen molar-refractivity contribution >= 4 is 17.5 Å². The highest BCUT2D eigenvalue weighted by molar-refractivity contribution is 6.31. The topological polar surface area (TPSA) is 29.1 Å². The third-order valence-electron chi connectivity index (χ3n) is 2.74. The van der Waals surface area contributed by atoms with Gasteiger partial charge in [0.2, 0.25) is 5.91 Å². The van der Waals surface area contributed by atoms with Crippen molar-refractivity contribution in [3.63, 3.8) is 0 Å². The minimum atomic E-state index is -0.320. The highest BCUT2D eigenvalue weighted by Crippen LogP contribution is 2.50. The zero-order valence-corrected chi connectivity index (χ0v) is 9.01. The van der Waals surface area contributed by atoms with Crippen molar-refractivity contribution in [2.24, 2.45) is 5.92 Å². The Kier molecular flexibility index (Phi) is 2.65. The van der Waals surface area contributed by atoms with E-state index in [4.69, 9.17) is 11.6 Å². The summed E-state index contributed by atoms with van der Waals surface area (Å²) < 4.78 is 13.5. The number of amides is 1. The van der Waals surface area contributed by atoms with Gasteiger partial charge >= 0.3 is 0 Å². The molecule has 1 N–H and O–H groups in total. The number of halogens is 2. The Morgan fingerprint density at radius 2 is 2.33 bits per heavy atom. The van der Waals surface area contributed by atoms with Crippen molar-refractivity contribution in [2.75, 3.05) is 7.05 Å². The van der Waals surface area contributed by atoms with Crippen LogP contribution in [0, 0.1) is 11.7 Å². The van der Waals surface area contributed by atoms with Crippen molar-refractivity contribution < 1.29 is 9.18 Å². The Morgan fingerprint density at radius 3 is 2.93 bits per heavy atom. The van der Waals surface area contributed by atoms with Crippen molar-refractivity contribution in [3.05, 3.63) is 34.6 Å². The molecule has 0 heterocycles. The number of rotatable bonds is 2. The Bertz CT molecular complexity index is 387. The number of carbonyl (C=O) groups excluding carboxylic acids is 1. The first-order valence-corrected chi connectivity index (χ1v) is 5.18. The summed E-state index contributed by atoms with van der Waals surface area (Å²) >= 11 is 5.91. The van der Waals surface area contributed by atoms with E-state index in [0.29, 0.717) is 17.0 Å². The summed E-state index contributed by atoms with van der Waals surface area (Å²) in [5, 5.41) is 2.97. The lowest BCUT2D eigenvalue weighted by Gasteiger charge is -2.04. The minimum absolute atomic E-state index is 0.0423. The molecule has 0 saturated heterocycles. The molecular weight excluding hydrogens is 217 g/mol. The lowest BCUT2D eigenvalue weighted by atomic mass is 10.1. The molecule has 1 aromatic rings. The van der Waals surface area contributed by atoms with E-state index in [1.54, 1.807) is 19.2 Å². The summed E-state index contributed by atoms with van der Waals surface area (Å²) in [6.07, 6.45) is 0.681. The second kappa shape index (κ2) is 3.81. The van der Waals surface area contributed by atoms with Crippen LogP contribution in [0.5, 0.6) is 0 Å². The zero-order chi connectivity index (χ0) is 11.0. The van der Waals surface area contributed by atoms with Crippen molar-refractivity contribution in [1.29, 1.82) is 0 Å². The van der Waals surface area contributed by atoms with Gasteiger partial charge in [-0.2, -0.15) is 0 Å². The maximum absolute atomic E-state index is 13.5. The van der Waals surface area contributed by atoms with E-state index in [9.17, 15) is 9.18 Å². The van der Waals surface area contributed by atoms with E-state index in [0.717, 1.165) is 0 Å². The fraction of sp³-hybridized carbons (Fsp3) is 0.364. The monoisotopic (exact) mass is 227 g/mol. The van der Waals surface area contributed by atoms with E-state index >= 15 is 0 Å². The van der Waals surface area contributed by atoms with Crippen LogP contribution in [0.25, 0.3) is 0 Å². The largest absolute Gasteiger partial charge is 0.359 e. The normalized spacial score (nSPS) is 23.7. The van der Waals surface area contributed by atoms with Crippen molar-refractivity contribution in [2.45, 2.75) is 12.3 Å². The van der Waals surface area contributed by atoms with Gasteiger partial charge in [-0.15, -0.1) is 0 Å². The Morgan fingerprint density at radius 1 is 1.60 bits per heavy atom. The van der Waals surface area contributed by atoms with Gasteiger partial charge in [-0.1, -0.05) is 17.7 Å². The first kappa shape index (κ1) is 10.4. The van der Waals surface area contributed by atoms with Gasteiger partial charge in [0.1, 0.15) is 5.82 Å². The van der Waals surface area contributed by atoms with Crippen LogP contribution in [-0.2, 0) is 4.79 Å². The molecule has 0 unspecified atom stereocenters. The second-order valence-corrected chi connectivity index (χ2v) is 4.11. The molecule has 2 atom stereocenters. The number of carbonyl (C=O) groups is 1. The minimum Gasteiger partial charge on any atom is -0.359 e. The van der Waals surface area contributed by atoms with Crippen LogP contribution in [-0.4, -0.2) is 13.0 Å². The molecule has 1 aliphatic rings. The quantitative estimate of drug-likeness (QED) is 0.826. The molecule has 0 bridgehead atoms. The molecule has 4 heteroatoms.